The fraction of sp³-hybridized carbons (Fsp3) is 0.889. The third-order valence-corrected chi connectivity index (χ3v) is 3.25. The van der Waals surface area contributed by atoms with Gasteiger partial charge in [0.2, 0.25) is 0 Å². The third-order valence-electron chi connectivity index (χ3n) is 1.68. The summed E-state index contributed by atoms with van der Waals surface area (Å²) in [6, 6.07) is -0.582. The fourth-order valence-electron chi connectivity index (χ4n) is 0.968. The number of hydrogen-bond donors (Lipinski definition) is 1. The Balaban J connectivity index is 4.13. The summed E-state index contributed by atoms with van der Waals surface area (Å²) in [5, 5.41) is 2.72. The number of methoxy groups -OCH3 is 1. The van der Waals surface area contributed by atoms with Crippen LogP contribution >= 0.6 is 7.29 Å². The maximum absolute atomic E-state index is 11.9. The van der Waals surface area contributed by atoms with Crippen LogP contribution in [-0.4, -0.2) is 38.2 Å². The van der Waals surface area contributed by atoms with Crippen molar-refractivity contribution in [2.24, 2.45) is 0 Å². The van der Waals surface area contributed by atoms with Gasteiger partial charge in [-0.15, -0.1) is 0 Å². The minimum Gasteiger partial charge on any atom is -0.468 e. The lowest BCUT2D eigenvalue weighted by Gasteiger charge is -2.19. The van der Waals surface area contributed by atoms with Gasteiger partial charge in [0.25, 0.3) is 0 Å². The summed E-state index contributed by atoms with van der Waals surface area (Å²) >= 11 is 0. The van der Waals surface area contributed by atoms with E-state index in [-0.39, 0.29) is 12.5 Å². The van der Waals surface area contributed by atoms with Crippen LogP contribution in [0.3, 0.4) is 0 Å². The van der Waals surface area contributed by atoms with Crippen LogP contribution in [0.4, 0.5) is 0 Å². The van der Waals surface area contributed by atoms with Gasteiger partial charge in [-0.1, -0.05) is 0 Å². The van der Waals surface area contributed by atoms with Gasteiger partial charge in [-0.2, -0.15) is 0 Å². The number of esters is 1. The molecular weight excluding hydrogens is 217 g/mol. The first-order valence-electron chi connectivity index (χ1n) is 4.82. The highest BCUT2D eigenvalue weighted by atomic mass is 31.2. The van der Waals surface area contributed by atoms with Crippen LogP contribution in [0.2, 0.25) is 0 Å². The molecule has 0 aliphatic rings. The summed E-state index contributed by atoms with van der Waals surface area (Å²) < 4.78 is 21.7. The predicted octanol–water partition coefficient (Wildman–Crippen LogP) is 1.43. The van der Waals surface area contributed by atoms with Crippen molar-refractivity contribution in [3.63, 3.8) is 0 Å². The highest BCUT2D eigenvalue weighted by Crippen LogP contribution is 2.36. The second-order valence-corrected chi connectivity index (χ2v) is 6.54. The van der Waals surface area contributed by atoms with Crippen molar-refractivity contribution < 1.29 is 18.8 Å². The molecule has 0 aliphatic heterocycles. The van der Waals surface area contributed by atoms with Crippen LogP contribution in [0, 0.1) is 0 Å². The quantitative estimate of drug-likeness (QED) is 0.559. The van der Waals surface area contributed by atoms with Gasteiger partial charge < -0.3 is 14.0 Å². The Kier molecular flexibility index (Phi) is 6.10. The van der Waals surface area contributed by atoms with Crippen molar-refractivity contribution in [3.8, 4) is 0 Å². The normalized spacial score (nSPS) is 17.2. The topological polar surface area (TPSA) is 64.6 Å². The van der Waals surface area contributed by atoms with E-state index in [1.165, 1.54) is 7.11 Å². The lowest BCUT2D eigenvalue weighted by atomic mass is 10.4. The fourth-order valence-corrected chi connectivity index (χ4v) is 2.55. The largest absolute Gasteiger partial charge is 0.468 e. The van der Waals surface area contributed by atoms with E-state index in [0.29, 0.717) is 0 Å². The lowest BCUT2D eigenvalue weighted by Crippen LogP contribution is -2.33. The molecule has 0 radical (unpaired) electrons. The van der Waals surface area contributed by atoms with Gasteiger partial charge in [0.15, 0.2) is 7.29 Å². The van der Waals surface area contributed by atoms with Gasteiger partial charge in [0, 0.05) is 6.66 Å². The zero-order chi connectivity index (χ0) is 12.1. The summed E-state index contributed by atoms with van der Waals surface area (Å²) in [7, 11) is -1.35. The van der Waals surface area contributed by atoms with Crippen molar-refractivity contribution in [3.05, 3.63) is 0 Å². The van der Waals surface area contributed by atoms with Crippen molar-refractivity contribution in [2.75, 3.05) is 20.1 Å². The molecule has 2 atom stereocenters. The molecule has 0 aromatic heterocycles. The van der Waals surface area contributed by atoms with E-state index in [1.807, 2.05) is 13.8 Å². The number of carbonyl (C=O) groups excluding carboxylic acids is 1. The van der Waals surface area contributed by atoms with Gasteiger partial charge in [-0.3, -0.25) is 9.88 Å². The van der Waals surface area contributed by atoms with E-state index in [2.05, 4.69) is 9.82 Å². The molecule has 0 heterocycles. The standard InChI is InChI=1S/C9H20NO4P/c1-7(2)14-6-15(5,12)10-8(3)9(11)13-4/h7-8H,6H2,1-5H3,(H,10,12). The Morgan fingerprint density at radius 3 is 2.33 bits per heavy atom. The molecule has 0 aromatic rings. The average Bonchev–Trinajstić information content (AvgIpc) is 2.13. The molecule has 0 saturated carbocycles. The smallest absolute Gasteiger partial charge is 0.322 e. The van der Waals surface area contributed by atoms with Crippen LogP contribution in [0.5, 0.6) is 0 Å². The zero-order valence-electron chi connectivity index (χ0n) is 9.94. The maximum Gasteiger partial charge on any atom is 0.322 e. The minimum atomic E-state index is -2.64. The van der Waals surface area contributed by atoms with Crippen LogP contribution in [-0.2, 0) is 18.8 Å². The van der Waals surface area contributed by atoms with E-state index in [4.69, 9.17) is 4.74 Å². The SMILES string of the molecule is COC(=O)C(C)NP(C)(=O)COC(C)C. The molecule has 15 heavy (non-hydrogen) atoms. The second kappa shape index (κ2) is 6.26. The molecular formula is C9H20NO4P. The lowest BCUT2D eigenvalue weighted by molar-refractivity contribution is -0.142. The molecule has 0 rings (SSSR count). The molecule has 0 fully saturated rings. The first-order chi connectivity index (χ1) is 6.78. The Bertz CT molecular complexity index is 254. The Morgan fingerprint density at radius 1 is 1.40 bits per heavy atom. The first kappa shape index (κ1) is 14.6. The molecule has 0 saturated heterocycles. The molecule has 6 heteroatoms. The van der Waals surface area contributed by atoms with Crippen molar-refractivity contribution >= 4 is 13.3 Å². The van der Waals surface area contributed by atoms with E-state index in [0.717, 1.165) is 0 Å². The average molecular weight is 237 g/mol. The van der Waals surface area contributed by atoms with Crippen molar-refractivity contribution in [2.45, 2.75) is 32.9 Å². The molecule has 0 aliphatic carbocycles. The third kappa shape index (κ3) is 6.66. The molecule has 0 spiro atoms. The van der Waals surface area contributed by atoms with E-state index in [9.17, 15) is 9.36 Å². The monoisotopic (exact) mass is 237 g/mol. The Hall–Kier alpha value is -0.380. The summed E-state index contributed by atoms with van der Waals surface area (Å²) in [4.78, 5) is 11.1. The molecule has 0 amide bonds. The number of ether oxygens (including phenoxy) is 2. The van der Waals surface area contributed by atoms with Crippen LogP contribution in [0.25, 0.3) is 0 Å². The molecule has 1 N–H and O–H groups in total. The number of rotatable bonds is 6. The van der Waals surface area contributed by atoms with Gasteiger partial charge >= 0.3 is 5.97 Å². The highest BCUT2D eigenvalue weighted by Gasteiger charge is 2.23. The second-order valence-electron chi connectivity index (χ2n) is 3.82. The van der Waals surface area contributed by atoms with Crippen LogP contribution in [0.1, 0.15) is 20.8 Å². The molecule has 2 unspecified atom stereocenters. The molecule has 0 aromatic carbocycles. The first-order valence-corrected chi connectivity index (χ1v) is 7.16. The molecule has 90 valence electrons. The number of carbonyl (C=O) groups is 1. The number of hydrogen-bond acceptors (Lipinski definition) is 4. The predicted molar refractivity (Wildman–Crippen MR) is 59.2 cm³/mol. The van der Waals surface area contributed by atoms with Gasteiger partial charge in [-0.05, 0) is 20.8 Å². The maximum atomic E-state index is 11.9. The molecule has 5 nitrogen and oxygen atoms in total. The van der Waals surface area contributed by atoms with Gasteiger partial charge in [0.05, 0.1) is 13.2 Å². The minimum absolute atomic E-state index is 0.0218. The Labute approximate surface area is 90.9 Å². The van der Waals surface area contributed by atoms with E-state index in [1.54, 1.807) is 13.6 Å². The zero-order valence-corrected chi connectivity index (χ0v) is 10.8. The van der Waals surface area contributed by atoms with E-state index < -0.39 is 19.3 Å². The summed E-state index contributed by atoms with van der Waals surface area (Å²) in [5.74, 6) is -0.429. The van der Waals surface area contributed by atoms with Crippen LogP contribution < -0.4 is 5.09 Å². The highest BCUT2D eigenvalue weighted by molar-refractivity contribution is 7.60. The number of nitrogens with one attached hydrogen (secondary N) is 1. The van der Waals surface area contributed by atoms with Gasteiger partial charge in [0.1, 0.15) is 12.4 Å². The van der Waals surface area contributed by atoms with E-state index >= 15 is 0 Å². The Morgan fingerprint density at radius 2 is 1.93 bits per heavy atom. The van der Waals surface area contributed by atoms with Crippen molar-refractivity contribution in [1.29, 1.82) is 0 Å². The summed E-state index contributed by atoms with van der Waals surface area (Å²) in [5.41, 5.74) is 0. The summed E-state index contributed by atoms with van der Waals surface area (Å²) in [6.07, 6.45) is 0.139. The molecule has 0 bridgehead atoms. The van der Waals surface area contributed by atoms with Crippen LogP contribution in [0.15, 0.2) is 0 Å². The van der Waals surface area contributed by atoms with Gasteiger partial charge in [-0.25, -0.2) is 0 Å². The summed E-state index contributed by atoms with van der Waals surface area (Å²) in [6.45, 7) is 6.89. The van der Waals surface area contributed by atoms with Crippen molar-refractivity contribution in [1.82, 2.24) is 5.09 Å².